The lowest BCUT2D eigenvalue weighted by molar-refractivity contribution is -0.118. The van der Waals surface area contributed by atoms with E-state index in [1.807, 2.05) is 22.9 Å². The molecule has 6 nitrogen and oxygen atoms in total. The van der Waals surface area contributed by atoms with Gasteiger partial charge >= 0.3 is 0 Å². The highest BCUT2D eigenvalue weighted by Crippen LogP contribution is 2.47. The summed E-state index contributed by atoms with van der Waals surface area (Å²) < 4.78 is 9.16. The summed E-state index contributed by atoms with van der Waals surface area (Å²) in [5, 5.41) is 9.03. The first-order chi connectivity index (χ1) is 17.2. The summed E-state index contributed by atoms with van der Waals surface area (Å²) >= 11 is 5.28. The van der Waals surface area contributed by atoms with Gasteiger partial charge in [-0.25, -0.2) is 4.68 Å². The number of ketones is 1. The Labute approximate surface area is 225 Å². The normalized spacial score (nSPS) is 18.5. The van der Waals surface area contributed by atoms with Crippen molar-refractivity contribution >= 4 is 39.4 Å². The molecule has 0 fully saturated rings. The van der Waals surface area contributed by atoms with Crippen molar-refractivity contribution < 1.29 is 9.53 Å². The number of thioether (sulfide) groups is 1. The maximum absolute atomic E-state index is 13.6. The lowest BCUT2D eigenvalue weighted by atomic mass is 9.73. The molecule has 3 aromatic rings. The molecule has 2 heterocycles. The van der Waals surface area contributed by atoms with Crippen LogP contribution in [0.4, 0.5) is 5.95 Å². The number of carbonyl (C=O) groups is 1. The first-order valence-corrected chi connectivity index (χ1v) is 14.1. The first-order valence-electron chi connectivity index (χ1n) is 12.3. The van der Waals surface area contributed by atoms with E-state index in [-0.39, 0.29) is 11.2 Å². The van der Waals surface area contributed by atoms with Gasteiger partial charge in [0.1, 0.15) is 18.4 Å². The minimum absolute atomic E-state index is 0.114. The van der Waals surface area contributed by atoms with Crippen LogP contribution in [0.1, 0.15) is 62.8 Å². The summed E-state index contributed by atoms with van der Waals surface area (Å²) in [7, 11) is 0. The third-order valence-electron chi connectivity index (χ3n) is 6.53. The van der Waals surface area contributed by atoms with Gasteiger partial charge in [0.25, 0.3) is 0 Å². The second kappa shape index (κ2) is 10.1. The van der Waals surface area contributed by atoms with Gasteiger partial charge in [0.2, 0.25) is 11.1 Å². The monoisotopic (exact) mass is 566 g/mol. The quantitative estimate of drug-likeness (QED) is 0.308. The predicted molar refractivity (Wildman–Crippen MR) is 147 cm³/mol. The van der Waals surface area contributed by atoms with Crippen LogP contribution < -0.4 is 10.1 Å². The topological polar surface area (TPSA) is 69.0 Å². The molecule has 0 amide bonds. The second-order valence-corrected chi connectivity index (χ2v) is 12.3. The van der Waals surface area contributed by atoms with Crippen molar-refractivity contribution in [1.82, 2.24) is 14.8 Å². The van der Waals surface area contributed by atoms with E-state index in [0.717, 1.165) is 51.2 Å². The minimum Gasteiger partial charge on any atom is -0.489 e. The van der Waals surface area contributed by atoms with Gasteiger partial charge in [0.15, 0.2) is 5.78 Å². The van der Waals surface area contributed by atoms with Crippen molar-refractivity contribution in [3.05, 3.63) is 74.9 Å². The number of aryl methyl sites for hydroxylation is 1. The van der Waals surface area contributed by atoms with Crippen molar-refractivity contribution in [3.63, 3.8) is 0 Å². The first kappa shape index (κ1) is 25.1. The molecule has 188 valence electrons. The third kappa shape index (κ3) is 5.11. The number of ether oxygens (including phenoxy) is 1. The highest BCUT2D eigenvalue weighted by atomic mass is 79.9. The minimum atomic E-state index is -0.408. The average Bonchev–Trinajstić information content (AvgIpc) is 3.23. The van der Waals surface area contributed by atoms with E-state index in [2.05, 4.69) is 73.2 Å². The lowest BCUT2D eigenvalue weighted by Gasteiger charge is -2.38. The molecule has 1 N–H and O–H groups in total. The fourth-order valence-electron chi connectivity index (χ4n) is 4.84. The van der Waals surface area contributed by atoms with Gasteiger partial charge in [-0.3, -0.25) is 4.79 Å². The fourth-order valence-corrected chi connectivity index (χ4v) is 5.90. The number of carbonyl (C=O) groups excluding carboxylic acids is 1. The van der Waals surface area contributed by atoms with E-state index in [1.165, 1.54) is 5.56 Å². The SMILES string of the molecule is CCCSc1nc2n(n1)C(c1cc(Br)ccc1OCc1ccc(C)cc1)C1=C(CC(C)(C)CC1=O)N2. The highest BCUT2D eigenvalue weighted by molar-refractivity contribution is 9.10. The van der Waals surface area contributed by atoms with Crippen LogP contribution in [-0.2, 0) is 11.4 Å². The molecule has 0 radical (unpaired) electrons. The zero-order valence-electron chi connectivity index (χ0n) is 21.1. The number of anilines is 1. The van der Waals surface area contributed by atoms with E-state index in [9.17, 15) is 4.79 Å². The van der Waals surface area contributed by atoms with Crippen LogP contribution >= 0.6 is 27.7 Å². The Morgan fingerprint density at radius 1 is 1.19 bits per heavy atom. The van der Waals surface area contributed by atoms with E-state index < -0.39 is 6.04 Å². The van der Waals surface area contributed by atoms with E-state index in [0.29, 0.717) is 24.1 Å². The van der Waals surface area contributed by atoms with Gasteiger partial charge in [-0.05, 0) is 48.9 Å². The number of hydrogen-bond acceptors (Lipinski definition) is 6. The fraction of sp³-hybridized carbons (Fsp3) is 0.393. The summed E-state index contributed by atoms with van der Waals surface area (Å²) in [5.41, 5.74) is 4.80. The number of Topliss-reactive ketones (excluding diaryl/α,β-unsaturated/α-hetero) is 1. The number of fused-ring (bicyclic) bond motifs is 1. The molecule has 36 heavy (non-hydrogen) atoms. The molecule has 8 heteroatoms. The van der Waals surface area contributed by atoms with Gasteiger partial charge in [-0.1, -0.05) is 78.3 Å². The molecule has 1 aliphatic carbocycles. The Morgan fingerprint density at radius 2 is 1.97 bits per heavy atom. The number of rotatable bonds is 7. The van der Waals surface area contributed by atoms with Crippen LogP contribution in [-0.4, -0.2) is 26.3 Å². The number of hydrogen-bond donors (Lipinski definition) is 1. The van der Waals surface area contributed by atoms with E-state index >= 15 is 0 Å². The summed E-state index contributed by atoms with van der Waals surface area (Å²) in [6, 6.07) is 13.9. The number of nitrogens with one attached hydrogen (secondary N) is 1. The molecule has 5 rings (SSSR count). The van der Waals surface area contributed by atoms with Gasteiger partial charge in [-0.2, -0.15) is 4.98 Å². The summed E-state index contributed by atoms with van der Waals surface area (Å²) in [6.07, 6.45) is 2.32. The lowest BCUT2D eigenvalue weighted by Crippen LogP contribution is -2.36. The molecular weight excluding hydrogens is 536 g/mol. The van der Waals surface area contributed by atoms with Crippen LogP contribution in [0.5, 0.6) is 5.75 Å². The summed E-state index contributed by atoms with van der Waals surface area (Å²) in [5.74, 6) is 2.49. The average molecular weight is 568 g/mol. The molecule has 0 bridgehead atoms. The Bertz CT molecular complexity index is 1330. The Balaban J connectivity index is 1.59. The molecule has 0 saturated carbocycles. The maximum atomic E-state index is 13.6. The molecule has 2 aliphatic rings. The van der Waals surface area contributed by atoms with E-state index in [4.69, 9.17) is 14.8 Å². The summed E-state index contributed by atoms with van der Waals surface area (Å²) in [4.78, 5) is 18.4. The third-order valence-corrected chi connectivity index (χ3v) is 8.07. The molecule has 0 saturated heterocycles. The van der Waals surface area contributed by atoms with E-state index in [1.54, 1.807) is 11.8 Å². The molecule has 0 spiro atoms. The van der Waals surface area contributed by atoms with Crippen molar-refractivity contribution in [2.75, 3.05) is 11.1 Å². The maximum Gasteiger partial charge on any atom is 0.227 e. The van der Waals surface area contributed by atoms with Crippen molar-refractivity contribution in [1.29, 1.82) is 0 Å². The molecule has 1 aliphatic heterocycles. The Kier molecular flexibility index (Phi) is 7.01. The molecule has 2 aromatic carbocycles. The standard InChI is InChI=1S/C28H31BrN4O2S/c1-5-12-36-27-31-26-30-21-14-28(3,4)15-22(34)24(21)25(33(26)32-27)20-13-19(29)10-11-23(20)35-16-18-8-6-17(2)7-9-18/h6-11,13,25H,5,12,14-16H2,1-4H3,(H,30,31,32). The van der Waals surface area contributed by atoms with Gasteiger partial charge in [0.05, 0.1) is 0 Å². The second-order valence-electron chi connectivity index (χ2n) is 10.3. The number of aromatic nitrogens is 3. The summed E-state index contributed by atoms with van der Waals surface area (Å²) in [6.45, 7) is 8.94. The van der Waals surface area contributed by atoms with Gasteiger partial charge in [-0.15, -0.1) is 5.10 Å². The molecular formula is C28H31BrN4O2S. The number of halogens is 1. The van der Waals surface area contributed by atoms with Crippen LogP contribution in [0, 0.1) is 12.3 Å². The van der Waals surface area contributed by atoms with Crippen LogP contribution in [0.3, 0.4) is 0 Å². The highest BCUT2D eigenvalue weighted by Gasteiger charge is 2.42. The molecule has 1 atom stereocenters. The van der Waals surface area contributed by atoms with Crippen LogP contribution in [0.2, 0.25) is 0 Å². The zero-order chi connectivity index (χ0) is 25.4. The van der Waals surface area contributed by atoms with Crippen LogP contribution in [0.25, 0.3) is 0 Å². The number of nitrogens with zero attached hydrogens (tertiary/aromatic N) is 3. The van der Waals surface area contributed by atoms with Gasteiger partial charge < -0.3 is 10.1 Å². The zero-order valence-corrected chi connectivity index (χ0v) is 23.5. The van der Waals surface area contributed by atoms with Gasteiger partial charge in [0, 0.05) is 33.5 Å². The Morgan fingerprint density at radius 3 is 2.72 bits per heavy atom. The largest absolute Gasteiger partial charge is 0.489 e. The smallest absolute Gasteiger partial charge is 0.227 e. The van der Waals surface area contributed by atoms with Crippen LogP contribution in [0.15, 0.2) is 63.4 Å². The van der Waals surface area contributed by atoms with Crippen molar-refractivity contribution in [3.8, 4) is 5.75 Å². The number of allylic oxidation sites excluding steroid dienone is 2. The Hall–Kier alpha value is -2.58. The number of benzene rings is 2. The molecule has 1 unspecified atom stereocenters. The predicted octanol–water partition coefficient (Wildman–Crippen LogP) is 7.09. The van der Waals surface area contributed by atoms with Crippen molar-refractivity contribution in [2.24, 2.45) is 5.41 Å². The van der Waals surface area contributed by atoms with Crippen molar-refractivity contribution in [2.45, 2.75) is 64.8 Å². The molecule has 1 aromatic heterocycles.